The Balaban J connectivity index is 1.10. The van der Waals surface area contributed by atoms with Crippen LogP contribution < -0.4 is 15.0 Å². The highest BCUT2D eigenvalue weighted by molar-refractivity contribution is 5.72. The van der Waals surface area contributed by atoms with Gasteiger partial charge in [0.15, 0.2) is 11.6 Å². The highest BCUT2D eigenvalue weighted by atomic mass is 19.1. The Morgan fingerprint density at radius 1 is 1.10 bits per heavy atom. The standard InChI is InChI=1S/C28H37FN6O4/c1-28(2,3)39-27(36)34-6-4-20(5-7-34)35-14-19(15-35)18-12-22(29)24-23(13-18)32-25-21(16-38-24)26(31-17-30-25)33-8-10-37-11-9-33/h12-13,17,19-20H,4-11,14-16H2,1-3H3,(H,30,31,32). The molecule has 0 atom stereocenters. The van der Waals surface area contributed by atoms with Gasteiger partial charge in [-0.1, -0.05) is 0 Å². The number of halogens is 1. The third kappa shape index (κ3) is 5.47. The van der Waals surface area contributed by atoms with Crippen LogP contribution >= 0.6 is 0 Å². The number of carbonyl (C=O) groups is 1. The van der Waals surface area contributed by atoms with E-state index in [0.29, 0.717) is 43.9 Å². The molecule has 3 saturated heterocycles. The molecule has 39 heavy (non-hydrogen) atoms. The lowest BCUT2D eigenvalue weighted by molar-refractivity contribution is 0.00589. The fourth-order valence-electron chi connectivity index (χ4n) is 5.81. The highest BCUT2D eigenvalue weighted by Gasteiger charge is 2.37. The van der Waals surface area contributed by atoms with Gasteiger partial charge in [0.1, 0.15) is 30.2 Å². The summed E-state index contributed by atoms with van der Waals surface area (Å²) in [4.78, 5) is 27.8. The van der Waals surface area contributed by atoms with E-state index in [1.54, 1.807) is 17.3 Å². The smallest absolute Gasteiger partial charge is 0.410 e. The summed E-state index contributed by atoms with van der Waals surface area (Å²) >= 11 is 0. The minimum absolute atomic E-state index is 0.193. The van der Waals surface area contributed by atoms with Crippen molar-refractivity contribution in [2.24, 2.45) is 0 Å². The van der Waals surface area contributed by atoms with E-state index in [0.717, 1.165) is 56.0 Å². The molecule has 0 unspecified atom stereocenters. The molecule has 3 fully saturated rings. The quantitative estimate of drug-likeness (QED) is 0.623. The Labute approximate surface area is 228 Å². The average molecular weight is 541 g/mol. The number of amides is 1. The van der Waals surface area contributed by atoms with Crippen molar-refractivity contribution in [1.82, 2.24) is 19.8 Å². The van der Waals surface area contributed by atoms with Crippen molar-refractivity contribution in [1.29, 1.82) is 0 Å². The predicted molar refractivity (Wildman–Crippen MR) is 144 cm³/mol. The molecular formula is C28H37FN6O4. The number of anilines is 3. The minimum Gasteiger partial charge on any atom is -0.483 e. The van der Waals surface area contributed by atoms with Crippen LogP contribution in [0.5, 0.6) is 5.75 Å². The molecule has 1 N–H and O–H groups in total. The second kappa shape index (κ2) is 10.4. The molecule has 0 bridgehead atoms. The number of aromatic nitrogens is 2. The van der Waals surface area contributed by atoms with Gasteiger partial charge in [-0.25, -0.2) is 19.2 Å². The van der Waals surface area contributed by atoms with E-state index in [2.05, 4.69) is 25.1 Å². The van der Waals surface area contributed by atoms with Gasteiger partial charge in [0, 0.05) is 51.2 Å². The summed E-state index contributed by atoms with van der Waals surface area (Å²) in [7, 11) is 0. The van der Waals surface area contributed by atoms with Crippen molar-refractivity contribution in [3.05, 3.63) is 35.4 Å². The van der Waals surface area contributed by atoms with E-state index in [1.807, 2.05) is 26.8 Å². The molecule has 4 aliphatic rings. The van der Waals surface area contributed by atoms with E-state index in [4.69, 9.17) is 14.2 Å². The third-order valence-electron chi connectivity index (χ3n) is 7.93. The number of nitrogens with one attached hydrogen (secondary N) is 1. The zero-order valence-corrected chi connectivity index (χ0v) is 22.9. The number of hydrogen-bond donors (Lipinski definition) is 1. The van der Waals surface area contributed by atoms with E-state index in [-0.39, 0.29) is 30.2 Å². The van der Waals surface area contributed by atoms with Gasteiger partial charge in [-0.15, -0.1) is 0 Å². The Kier molecular flexibility index (Phi) is 6.96. The lowest BCUT2D eigenvalue weighted by atomic mass is 9.87. The average Bonchev–Trinajstić information content (AvgIpc) is 3.07. The number of likely N-dealkylation sites (tertiary alicyclic amines) is 2. The molecule has 10 nitrogen and oxygen atoms in total. The zero-order chi connectivity index (χ0) is 27.1. The Bertz CT molecular complexity index is 1220. The number of hydrogen-bond acceptors (Lipinski definition) is 9. The first-order valence-corrected chi connectivity index (χ1v) is 13.9. The van der Waals surface area contributed by atoms with Crippen LogP contribution in [0.1, 0.15) is 50.7 Å². The van der Waals surface area contributed by atoms with Crippen LogP contribution in [-0.4, -0.2) is 90.0 Å². The molecule has 2 aromatic rings. The summed E-state index contributed by atoms with van der Waals surface area (Å²) in [6.07, 6.45) is 3.14. The number of carbonyl (C=O) groups excluding carboxylic acids is 1. The summed E-state index contributed by atoms with van der Waals surface area (Å²) < 4.78 is 32.3. The maximum absolute atomic E-state index is 15.3. The topological polar surface area (TPSA) is 92.3 Å². The fourth-order valence-corrected chi connectivity index (χ4v) is 5.81. The SMILES string of the molecule is CC(C)(C)OC(=O)N1CCC(N2CC(c3cc(F)c4c(c3)Nc3ncnc(N5CCOCC5)c3CO4)C2)CC1. The summed E-state index contributed by atoms with van der Waals surface area (Å²) in [5.41, 5.74) is 1.89. The van der Waals surface area contributed by atoms with Crippen LogP contribution in [0, 0.1) is 5.82 Å². The summed E-state index contributed by atoms with van der Waals surface area (Å²) in [6.45, 7) is 11.8. The first-order valence-electron chi connectivity index (χ1n) is 13.9. The number of benzene rings is 1. The number of morpholine rings is 1. The van der Waals surface area contributed by atoms with E-state index in [9.17, 15) is 4.79 Å². The van der Waals surface area contributed by atoms with Crippen molar-refractivity contribution in [2.75, 3.05) is 62.7 Å². The van der Waals surface area contributed by atoms with Gasteiger partial charge in [-0.05, 0) is 51.3 Å². The van der Waals surface area contributed by atoms with Crippen molar-refractivity contribution >= 4 is 23.4 Å². The monoisotopic (exact) mass is 540 g/mol. The van der Waals surface area contributed by atoms with Gasteiger partial charge in [0.2, 0.25) is 0 Å². The van der Waals surface area contributed by atoms with Crippen molar-refractivity contribution in [3.63, 3.8) is 0 Å². The lowest BCUT2D eigenvalue weighted by Gasteiger charge is -2.47. The van der Waals surface area contributed by atoms with Crippen LogP contribution in [0.2, 0.25) is 0 Å². The summed E-state index contributed by atoms with van der Waals surface area (Å²) in [6, 6.07) is 4.03. The summed E-state index contributed by atoms with van der Waals surface area (Å²) in [5.74, 6) is 1.54. The molecule has 5 heterocycles. The largest absolute Gasteiger partial charge is 0.483 e. The van der Waals surface area contributed by atoms with E-state index in [1.165, 1.54) is 0 Å². The van der Waals surface area contributed by atoms with Gasteiger partial charge < -0.3 is 29.3 Å². The molecular weight excluding hydrogens is 503 g/mol. The van der Waals surface area contributed by atoms with Gasteiger partial charge in [-0.3, -0.25) is 4.90 Å². The molecule has 0 spiro atoms. The zero-order valence-electron chi connectivity index (χ0n) is 22.9. The maximum atomic E-state index is 15.3. The summed E-state index contributed by atoms with van der Waals surface area (Å²) in [5, 5.41) is 3.34. The molecule has 11 heteroatoms. The third-order valence-corrected chi connectivity index (χ3v) is 7.93. The number of piperidine rings is 1. The predicted octanol–water partition coefficient (Wildman–Crippen LogP) is 3.89. The second-order valence-electron chi connectivity index (χ2n) is 11.8. The number of nitrogens with zero attached hydrogens (tertiary/aromatic N) is 5. The van der Waals surface area contributed by atoms with Gasteiger partial charge in [-0.2, -0.15) is 0 Å². The second-order valence-corrected chi connectivity index (χ2v) is 11.8. The molecule has 1 aromatic carbocycles. The Morgan fingerprint density at radius 3 is 2.56 bits per heavy atom. The molecule has 1 aromatic heterocycles. The number of rotatable bonds is 3. The van der Waals surface area contributed by atoms with Crippen LogP contribution in [0.3, 0.4) is 0 Å². The molecule has 0 aliphatic carbocycles. The molecule has 0 radical (unpaired) electrons. The Morgan fingerprint density at radius 2 is 1.85 bits per heavy atom. The maximum Gasteiger partial charge on any atom is 0.410 e. The molecule has 6 rings (SSSR count). The van der Waals surface area contributed by atoms with Crippen LogP contribution in [0.15, 0.2) is 18.5 Å². The molecule has 4 aliphatic heterocycles. The van der Waals surface area contributed by atoms with E-state index >= 15 is 4.39 Å². The minimum atomic E-state index is -0.484. The van der Waals surface area contributed by atoms with Crippen molar-refractivity contribution in [2.45, 2.75) is 57.8 Å². The normalized spacial score (nSPS) is 20.7. The van der Waals surface area contributed by atoms with Crippen LogP contribution in [0.4, 0.5) is 26.5 Å². The van der Waals surface area contributed by atoms with Crippen LogP contribution in [-0.2, 0) is 16.1 Å². The lowest BCUT2D eigenvalue weighted by Crippen LogP contribution is -2.55. The van der Waals surface area contributed by atoms with Crippen LogP contribution in [0.25, 0.3) is 0 Å². The number of fused-ring (bicyclic) bond motifs is 2. The van der Waals surface area contributed by atoms with Gasteiger partial charge >= 0.3 is 6.09 Å². The number of ether oxygens (including phenoxy) is 3. The van der Waals surface area contributed by atoms with Crippen molar-refractivity contribution < 1.29 is 23.4 Å². The Hall–Kier alpha value is -3.18. The van der Waals surface area contributed by atoms with E-state index < -0.39 is 5.60 Å². The van der Waals surface area contributed by atoms with Gasteiger partial charge in [0.05, 0.1) is 24.5 Å². The first-order chi connectivity index (χ1) is 18.7. The molecule has 1 amide bonds. The van der Waals surface area contributed by atoms with Crippen molar-refractivity contribution in [3.8, 4) is 5.75 Å². The molecule has 210 valence electrons. The molecule has 0 saturated carbocycles. The first kappa shape index (κ1) is 26.1. The fraction of sp³-hybridized carbons (Fsp3) is 0.607. The highest BCUT2D eigenvalue weighted by Crippen LogP contribution is 2.41. The van der Waals surface area contributed by atoms with Gasteiger partial charge in [0.25, 0.3) is 0 Å².